The number of hydrogen-bond acceptors (Lipinski definition) is 4. The Morgan fingerprint density at radius 1 is 1.09 bits per heavy atom. The summed E-state index contributed by atoms with van der Waals surface area (Å²) in [7, 11) is 0. The summed E-state index contributed by atoms with van der Waals surface area (Å²) in [6.07, 6.45) is 7.01. The van der Waals surface area contributed by atoms with Gasteiger partial charge >= 0.3 is 0 Å². The highest BCUT2D eigenvalue weighted by Crippen LogP contribution is 2.37. The molecule has 2 aromatic heterocycles. The zero-order chi connectivity index (χ0) is 22.2. The van der Waals surface area contributed by atoms with Crippen LogP contribution in [0.3, 0.4) is 0 Å². The van der Waals surface area contributed by atoms with Crippen molar-refractivity contribution in [3.63, 3.8) is 0 Å². The average Bonchev–Trinajstić information content (AvgIpc) is 3.39. The van der Waals surface area contributed by atoms with Crippen LogP contribution in [0, 0.1) is 30.4 Å². The molecule has 1 saturated heterocycles. The van der Waals surface area contributed by atoms with Crippen molar-refractivity contribution in [2.24, 2.45) is 11.8 Å². The lowest BCUT2D eigenvalue weighted by atomic mass is 9.79. The van der Waals surface area contributed by atoms with Crippen LogP contribution in [-0.2, 0) is 16.1 Å². The third-order valence-electron chi connectivity index (χ3n) is 6.61. The van der Waals surface area contributed by atoms with E-state index in [2.05, 4.69) is 16.1 Å². The zero-order valence-electron chi connectivity index (χ0n) is 18.0. The maximum atomic E-state index is 13.7. The molecule has 1 aromatic carbocycles. The predicted octanol–water partition coefficient (Wildman–Crippen LogP) is 4.57. The number of hydrogen-bond donors (Lipinski definition) is 0. The molecule has 1 aliphatic carbocycles. The van der Waals surface area contributed by atoms with Crippen LogP contribution in [0.4, 0.5) is 8.78 Å². The molecule has 0 bridgehead atoms. The number of fused-ring (bicyclic) bond motifs is 1. The minimum Gasteiger partial charge on any atom is -0.272 e. The van der Waals surface area contributed by atoms with E-state index in [1.165, 1.54) is 22.8 Å². The molecule has 3 heterocycles. The van der Waals surface area contributed by atoms with Gasteiger partial charge in [-0.05, 0) is 74.3 Å². The fourth-order valence-corrected chi connectivity index (χ4v) is 5.04. The molecular weight excluding hydrogens is 414 g/mol. The molecule has 1 saturated carbocycles. The van der Waals surface area contributed by atoms with Gasteiger partial charge in [0.1, 0.15) is 17.5 Å². The van der Waals surface area contributed by atoms with E-state index in [4.69, 9.17) is 4.84 Å². The third kappa shape index (κ3) is 4.24. The molecule has 1 amide bonds. The second-order valence-corrected chi connectivity index (χ2v) is 8.93. The monoisotopic (exact) mass is 440 g/mol. The number of pyridine rings is 1. The van der Waals surface area contributed by atoms with E-state index in [0.29, 0.717) is 24.5 Å². The number of halogens is 2. The van der Waals surface area contributed by atoms with Crippen molar-refractivity contribution in [3.05, 3.63) is 65.1 Å². The quantitative estimate of drug-likeness (QED) is 0.596. The van der Waals surface area contributed by atoms with Gasteiger partial charge < -0.3 is 0 Å². The van der Waals surface area contributed by atoms with E-state index in [1.807, 2.05) is 23.7 Å². The molecule has 8 heteroatoms. The number of carbonyl (C=O) groups is 1. The maximum absolute atomic E-state index is 13.7. The largest absolute Gasteiger partial charge is 0.272 e. The first-order valence-corrected chi connectivity index (χ1v) is 11.2. The Bertz CT molecular complexity index is 1120. The third-order valence-corrected chi connectivity index (χ3v) is 6.61. The molecule has 6 nitrogen and oxygen atoms in total. The molecular formula is C24H26F2N4O2. The van der Waals surface area contributed by atoms with Crippen LogP contribution in [0.2, 0.25) is 0 Å². The molecule has 0 radical (unpaired) electrons. The van der Waals surface area contributed by atoms with Crippen molar-refractivity contribution in [2.75, 3.05) is 6.61 Å². The normalized spacial score (nSPS) is 23.7. The van der Waals surface area contributed by atoms with Crippen molar-refractivity contribution in [1.29, 1.82) is 0 Å². The van der Waals surface area contributed by atoms with Gasteiger partial charge in [0, 0.05) is 24.6 Å². The van der Waals surface area contributed by atoms with Gasteiger partial charge in [0.2, 0.25) is 5.91 Å². The van der Waals surface area contributed by atoms with Crippen molar-refractivity contribution >= 4 is 11.6 Å². The zero-order valence-corrected chi connectivity index (χ0v) is 18.0. The average molecular weight is 440 g/mol. The Balaban J connectivity index is 1.21. The second-order valence-electron chi connectivity index (χ2n) is 8.93. The molecule has 1 aliphatic heterocycles. The molecule has 32 heavy (non-hydrogen) atoms. The van der Waals surface area contributed by atoms with E-state index < -0.39 is 17.7 Å². The Morgan fingerprint density at radius 2 is 1.84 bits per heavy atom. The van der Waals surface area contributed by atoms with Crippen LogP contribution < -0.4 is 0 Å². The number of aryl methyl sites for hydroxylation is 1. The summed E-state index contributed by atoms with van der Waals surface area (Å²) in [5.41, 5.74) is 2.51. The molecule has 5 rings (SSSR count). The first-order chi connectivity index (χ1) is 15.5. The number of nitrogens with zero attached hydrogens (tertiary/aromatic N) is 4. The molecule has 0 N–H and O–H groups in total. The fourth-order valence-electron chi connectivity index (χ4n) is 5.04. The Labute approximate surface area is 185 Å². The maximum Gasteiger partial charge on any atom is 0.249 e. The number of aromatic nitrogens is 3. The summed E-state index contributed by atoms with van der Waals surface area (Å²) in [5.74, 6) is -0.211. The van der Waals surface area contributed by atoms with Crippen LogP contribution in [0.1, 0.15) is 55.1 Å². The van der Waals surface area contributed by atoms with Crippen LogP contribution in [-0.4, -0.2) is 32.2 Å². The van der Waals surface area contributed by atoms with E-state index in [9.17, 15) is 13.6 Å². The number of rotatable bonds is 4. The molecule has 168 valence electrons. The fraction of sp³-hybridized carbons (Fsp3) is 0.458. The van der Waals surface area contributed by atoms with E-state index >= 15 is 0 Å². The Kier molecular flexibility index (Phi) is 5.63. The Hall–Kier alpha value is -2.87. The minimum atomic E-state index is -0.640. The highest BCUT2D eigenvalue weighted by Gasteiger charge is 2.37. The molecule has 2 aliphatic rings. The first-order valence-electron chi connectivity index (χ1n) is 11.2. The lowest BCUT2D eigenvalue weighted by Gasteiger charge is -2.32. The van der Waals surface area contributed by atoms with Gasteiger partial charge in [-0.1, -0.05) is 6.07 Å². The highest BCUT2D eigenvalue weighted by atomic mass is 19.1. The summed E-state index contributed by atoms with van der Waals surface area (Å²) >= 11 is 0. The summed E-state index contributed by atoms with van der Waals surface area (Å²) in [6.45, 7) is 2.25. The van der Waals surface area contributed by atoms with E-state index in [0.717, 1.165) is 49.6 Å². The van der Waals surface area contributed by atoms with Crippen LogP contribution in [0.15, 0.2) is 36.5 Å². The number of amides is 1. The first kappa shape index (κ1) is 21.0. The van der Waals surface area contributed by atoms with Gasteiger partial charge in [-0.2, -0.15) is 5.10 Å². The van der Waals surface area contributed by atoms with Crippen LogP contribution in [0.5, 0.6) is 0 Å². The topological polar surface area (TPSA) is 59.7 Å². The van der Waals surface area contributed by atoms with Gasteiger partial charge in [0.25, 0.3) is 0 Å². The molecule has 3 aromatic rings. The second kappa shape index (κ2) is 8.58. The molecule has 2 fully saturated rings. The summed E-state index contributed by atoms with van der Waals surface area (Å²) < 4.78 is 29.2. The lowest BCUT2D eigenvalue weighted by molar-refractivity contribution is -0.183. The highest BCUT2D eigenvalue weighted by molar-refractivity contribution is 5.78. The molecule has 0 spiro atoms. The van der Waals surface area contributed by atoms with Crippen molar-refractivity contribution in [3.8, 4) is 0 Å². The van der Waals surface area contributed by atoms with Gasteiger partial charge in [0.05, 0.1) is 12.6 Å². The smallest absolute Gasteiger partial charge is 0.249 e. The lowest BCUT2D eigenvalue weighted by Crippen LogP contribution is -2.36. The van der Waals surface area contributed by atoms with Crippen LogP contribution >= 0.6 is 0 Å². The Morgan fingerprint density at radius 3 is 2.59 bits per heavy atom. The predicted molar refractivity (Wildman–Crippen MR) is 113 cm³/mol. The number of carbonyl (C=O) groups excluding carboxylic acids is 1. The van der Waals surface area contributed by atoms with Crippen molar-refractivity contribution in [1.82, 2.24) is 19.7 Å². The molecule has 1 atom stereocenters. The molecule has 0 unspecified atom stereocenters. The summed E-state index contributed by atoms with van der Waals surface area (Å²) in [5, 5.41) is 5.74. The van der Waals surface area contributed by atoms with E-state index in [-0.39, 0.29) is 11.8 Å². The van der Waals surface area contributed by atoms with Crippen molar-refractivity contribution < 1.29 is 18.4 Å². The number of benzene rings is 1. The van der Waals surface area contributed by atoms with Gasteiger partial charge in [-0.25, -0.2) is 23.3 Å². The van der Waals surface area contributed by atoms with Gasteiger partial charge in [-0.15, -0.1) is 0 Å². The summed E-state index contributed by atoms with van der Waals surface area (Å²) in [6, 6.07) is 7.06. The van der Waals surface area contributed by atoms with Crippen molar-refractivity contribution in [2.45, 2.75) is 51.5 Å². The van der Waals surface area contributed by atoms with Crippen LogP contribution in [0.25, 0.3) is 5.65 Å². The SMILES string of the molecule is Cc1nc2ccc(CC3CCC(C(=O)N4OCC[C@H]4c4cc(F)cc(F)c4)CC3)cn2n1. The van der Waals surface area contributed by atoms with E-state index in [1.54, 1.807) is 0 Å². The van der Waals surface area contributed by atoms with Gasteiger partial charge in [-0.3, -0.25) is 9.63 Å². The minimum absolute atomic E-state index is 0.0740. The summed E-state index contributed by atoms with van der Waals surface area (Å²) in [4.78, 5) is 23.1. The standard InChI is InChI=1S/C24H26F2N4O2/c1-15-27-23-7-4-17(14-29(23)28-15)10-16-2-5-18(6-3-16)24(31)30-22(8-9-32-30)19-11-20(25)13-21(26)12-19/h4,7,11-14,16,18,22H,2-3,5-6,8-10H2,1H3/t16?,18?,22-/m0/s1. The number of hydroxylamine groups is 2. The van der Waals surface area contributed by atoms with Gasteiger partial charge in [0.15, 0.2) is 5.65 Å².